The van der Waals surface area contributed by atoms with Gasteiger partial charge in [-0.1, -0.05) is 6.07 Å². The van der Waals surface area contributed by atoms with Crippen molar-refractivity contribution in [3.05, 3.63) is 42.0 Å². The number of carbonyl (C=O) groups is 1. The van der Waals surface area contributed by atoms with Crippen LogP contribution in [0.15, 0.2) is 36.4 Å². The fraction of sp³-hybridized carbons (Fsp3) is 0.316. The monoisotopic (exact) mass is 394 g/mol. The van der Waals surface area contributed by atoms with Crippen molar-refractivity contribution in [2.24, 2.45) is 0 Å². The Bertz CT molecular complexity index is 847. The lowest BCUT2D eigenvalue weighted by molar-refractivity contribution is -0.117. The first-order valence-electron chi connectivity index (χ1n) is 8.44. The zero-order valence-electron chi connectivity index (χ0n) is 15.4. The lowest BCUT2D eigenvalue weighted by Crippen LogP contribution is -2.29. The Morgan fingerprint density at radius 3 is 2.71 bits per heavy atom. The molecular weight excluding hydrogens is 374 g/mol. The highest BCUT2D eigenvalue weighted by Gasteiger charge is 2.16. The van der Waals surface area contributed by atoms with Crippen LogP contribution in [0, 0.1) is 0 Å². The van der Waals surface area contributed by atoms with Crippen molar-refractivity contribution in [1.29, 1.82) is 0 Å². The molecule has 1 amide bonds. The molecule has 1 aliphatic heterocycles. The molecule has 1 aliphatic rings. The highest BCUT2D eigenvalue weighted by atomic mass is 19.3. The molecule has 1 heterocycles. The molecule has 3 rings (SSSR count). The number of nitrogens with zero attached hydrogens (tertiary/aromatic N) is 1. The molecule has 0 saturated carbocycles. The lowest BCUT2D eigenvalue weighted by atomic mass is 10.2. The third-order valence-corrected chi connectivity index (χ3v) is 3.97. The van der Waals surface area contributed by atoms with E-state index in [2.05, 4.69) is 10.1 Å². The molecule has 0 bridgehead atoms. The minimum absolute atomic E-state index is 0.0375. The number of likely N-dealkylation sites (N-methyl/N-ethyl adjacent to an activating group) is 1. The van der Waals surface area contributed by atoms with Gasteiger partial charge < -0.3 is 24.3 Å². The van der Waals surface area contributed by atoms with E-state index >= 15 is 0 Å². The van der Waals surface area contributed by atoms with Crippen LogP contribution in [-0.4, -0.2) is 44.9 Å². The van der Waals surface area contributed by atoms with Crippen LogP contribution in [-0.2, 0) is 11.3 Å². The molecular formula is C19H20F2N2O5. The first-order valence-corrected chi connectivity index (χ1v) is 8.44. The Hall–Kier alpha value is -3.07. The van der Waals surface area contributed by atoms with Crippen LogP contribution in [0.2, 0.25) is 0 Å². The summed E-state index contributed by atoms with van der Waals surface area (Å²) in [5, 5.41) is 2.80. The summed E-state index contributed by atoms with van der Waals surface area (Å²) in [5.41, 5.74) is 1.40. The van der Waals surface area contributed by atoms with E-state index < -0.39 is 6.61 Å². The summed E-state index contributed by atoms with van der Waals surface area (Å²) in [7, 11) is 3.15. The molecule has 0 spiro atoms. The number of benzene rings is 2. The highest BCUT2D eigenvalue weighted by Crippen LogP contribution is 2.34. The number of hydrogen-bond acceptors (Lipinski definition) is 6. The molecule has 28 heavy (non-hydrogen) atoms. The molecule has 2 aromatic rings. The average molecular weight is 394 g/mol. The minimum atomic E-state index is -2.93. The zero-order chi connectivity index (χ0) is 20.1. The number of rotatable bonds is 8. The summed E-state index contributed by atoms with van der Waals surface area (Å²) in [4.78, 5) is 14.0. The van der Waals surface area contributed by atoms with Gasteiger partial charge in [0.2, 0.25) is 12.7 Å². The Morgan fingerprint density at radius 1 is 1.18 bits per heavy atom. The SMILES string of the molecule is COc1cc(CN(C)CC(=O)Nc2ccc3c(c2)OCO3)ccc1OC(F)F. The summed E-state index contributed by atoms with van der Waals surface area (Å²) in [6, 6.07) is 9.83. The van der Waals surface area contributed by atoms with Crippen LogP contribution >= 0.6 is 0 Å². The van der Waals surface area contributed by atoms with Crippen LogP contribution in [0.25, 0.3) is 0 Å². The van der Waals surface area contributed by atoms with Crippen LogP contribution in [0.5, 0.6) is 23.0 Å². The van der Waals surface area contributed by atoms with E-state index in [0.29, 0.717) is 23.7 Å². The average Bonchev–Trinajstić information content (AvgIpc) is 3.10. The van der Waals surface area contributed by atoms with E-state index in [4.69, 9.17) is 14.2 Å². The predicted octanol–water partition coefficient (Wildman–Crippen LogP) is 3.10. The Kier molecular flexibility index (Phi) is 6.15. The number of halogens is 2. The van der Waals surface area contributed by atoms with Gasteiger partial charge in [0.15, 0.2) is 23.0 Å². The van der Waals surface area contributed by atoms with Gasteiger partial charge in [0, 0.05) is 18.3 Å². The van der Waals surface area contributed by atoms with Crippen molar-refractivity contribution in [2.45, 2.75) is 13.2 Å². The maximum atomic E-state index is 12.4. The lowest BCUT2D eigenvalue weighted by Gasteiger charge is -2.18. The number of ether oxygens (including phenoxy) is 4. The maximum Gasteiger partial charge on any atom is 0.387 e. The van der Waals surface area contributed by atoms with E-state index in [1.165, 1.54) is 13.2 Å². The van der Waals surface area contributed by atoms with Crippen molar-refractivity contribution in [2.75, 3.05) is 32.8 Å². The summed E-state index contributed by atoms with van der Waals surface area (Å²) < 4.78 is 44.8. The number of anilines is 1. The van der Waals surface area contributed by atoms with Gasteiger partial charge in [-0.3, -0.25) is 9.69 Å². The smallest absolute Gasteiger partial charge is 0.387 e. The summed E-state index contributed by atoms with van der Waals surface area (Å²) in [6.45, 7) is -2.21. The molecule has 9 heteroatoms. The number of alkyl halides is 2. The highest BCUT2D eigenvalue weighted by molar-refractivity contribution is 5.92. The number of amides is 1. The van der Waals surface area contributed by atoms with Crippen LogP contribution in [0.1, 0.15) is 5.56 Å². The van der Waals surface area contributed by atoms with Crippen molar-refractivity contribution in [3.63, 3.8) is 0 Å². The standard InChI is InChI=1S/C19H20F2N2O5/c1-23(9-12-3-5-15(28-19(20)21)16(7-12)25-2)10-18(24)22-13-4-6-14-17(8-13)27-11-26-14/h3-8,19H,9-11H2,1-2H3,(H,22,24). The number of fused-ring (bicyclic) bond motifs is 1. The van der Waals surface area contributed by atoms with E-state index in [1.54, 1.807) is 42.3 Å². The number of carbonyl (C=O) groups excluding carboxylic acids is 1. The minimum Gasteiger partial charge on any atom is -0.493 e. The van der Waals surface area contributed by atoms with Gasteiger partial charge in [0.25, 0.3) is 0 Å². The topological polar surface area (TPSA) is 69.3 Å². The molecule has 0 saturated heterocycles. The Morgan fingerprint density at radius 2 is 1.96 bits per heavy atom. The van der Waals surface area contributed by atoms with Crippen LogP contribution in [0.3, 0.4) is 0 Å². The maximum absolute atomic E-state index is 12.4. The molecule has 0 radical (unpaired) electrons. The summed E-state index contributed by atoms with van der Waals surface area (Å²) in [6.07, 6.45) is 0. The summed E-state index contributed by atoms with van der Waals surface area (Å²) in [5.74, 6) is 1.19. The Labute approximate surface area is 160 Å². The van der Waals surface area contributed by atoms with E-state index in [9.17, 15) is 13.6 Å². The van der Waals surface area contributed by atoms with Gasteiger partial charge in [-0.05, 0) is 36.9 Å². The van der Waals surface area contributed by atoms with E-state index in [-0.39, 0.29) is 30.7 Å². The molecule has 1 N–H and O–H groups in total. The van der Waals surface area contributed by atoms with Crippen molar-refractivity contribution >= 4 is 11.6 Å². The zero-order valence-corrected chi connectivity index (χ0v) is 15.4. The van der Waals surface area contributed by atoms with Crippen molar-refractivity contribution in [3.8, 4) is 23.0 Å². The fourth-order valence-corrected chi connectivity index (χ4v) is 2.79. The van der Waals surface area contributed by atoms with Crippen LogP contribution < -0.4 is 24.3 Å². The fourth-order valence-electron chi connectivity index (χ4n) is 2.79. The van der Waals surface area contributed by atoms with Crippen molar-refractivity contribution < 1.29 is 32.5 Å². The first kappa shape index (κ1) is 19.7. The second-order valence-electron chi connectivity index (χ2n) is 6.15. The molecule has 7 nitrogen and oxygen atoms in total. The van der Waals surface area contributed by atoms with E-state index in [0.717, 1.165) is 5.56 Å². The third-order valence-electron chi connectivity index (χ3n) is 3.97. The van der Waals surface area contributed by atoms with Crippen LogP contribution in [0.4, 0.5) is 14.5 Å². The van der Waals surface area contributed by atoms with E-state index in [1.807, 2.05) is 0 Å². The van der Waals surface area contributed by atoms with Gasteiger partial charge in [-0.15, -0.1) is 0 Å². The van der Waals surface area contributed by atoms with Gasteiger partial charge in [-0.2, -0.15) is 8.78 Å². The largest absolute Gasteiger partial charge is 0.493 e. The normalized spacial score (nSPS) is 12.4. The molecule has 0 aromatic heterocycles. The second-order valence-corrected chi connectivity index (χ2v) is 6.15. The van der Waals surface area contributed by atoms with Gasteiger partial charge in [-0.25, -0.2) is 0 Å². The number of methoxy groups -OCH3 is 1. The second kappa shape index (κ2) is 8.75. The third kappa shape index (κ3) is 5.01. The Balaban J connectivity index is 1.56. The summed E-state index contributed by atoms with van der Waals surface area (Å²) >= 11 is 0. The quantitative estimate of drug-likeness (QED) is 0.742. The first-order chi connectivity index (χ1) is 13.4. The number of nitrogens with one attached hydrogen (secondary N) is 1. The van der Waals surface area contributed by atoms with Crippen molar-refractivity contribution in [1.82, 2.24) is 4.90 Å². The molecule has 2 aromatic carbocycles. The van der Waals surface area contributed by atoms with Gasteiger partial charge in [0.05, 0.1) is 13.7 Å². The van der Waals surface area contributed by atoms with Gasteiger partial charge >= 0.3 is 6.61 Å². The number of hydrogen-bond donors (Lipinski definition) is 1. The molecule has 0 aliphatic carbocycles. The molecule has 0 fully saturated rings. The van der Waals surface area contributed by atoms with Gasteiger partial charge in [0.1, 0.15) is 0 Å². The molecule has 0 unspecified atom stereocenters. The molecule has 0 atom stereocenters. The molecule has 150 valence electrons. The predicted molar refractivity (Wildman–Crippen MR) is 97.2 cm³/mol.